The molecule has 1 aromatic heterocycles. The minimum absolute atomic E-state index is 0.273. The normalized spacial score (nSPS) is 11.8. The number of imidazole rings is 1. The van der Waals surface area contributed by atoms with Crippen molar-refractivity contribution in [1.82, 2.24) is 14.3 Å². The van der Waals surface area contributed by atoms with Crippen LogP contribution in [0.5, 0.6) is 0 Å². The highest BCUT2D eigenvalue weighted by atomic mass is 32.2. The number of hydrogen-bond acceptors (Lipinski definition) is 3. The lowest BCUT2D eigenvalue weighted by Crippen LogP contribution is -2.28. The van der Waals surface area contributed by atoms with Crippen LogP contribution in [0.1, 0.15) is 16.7 Å². The minimum Gasteiger partial charge on any atom is -0.323 e. The zero-order valence-electron chi connectivity index (χ0n) is 17.4. The molecule has 0 atom stereocenters. The first-order valence-electron chi connectivity index (χ1n) is 9.94. The molecule has 0 fully saturated rings. The van der Waals surface area contributed by atoms with Crippen LogP contribution >= 0.6 is 0 Å². The second-order valence-electron chi connectivity index (χ2n) is 7.61. The fourth-order valence-corrected chi connectivity index (χ4v) is 4.94. The maximum absolute atomic E-state index is 12.9. The van der Waals surface area contributed by atoms with E-state index in [2.05, 4.69) is 28.3 Å². The van der Waals surface area contributed by atoms with E-state index in [-0.39, 0.29) is 6.54 Å². The molecule has 4 aromatic rings. The first kappa shape index (κ1) is 20.3. The summed E-state index contributed by atoms with van der Waals surface area (Å²) in [4.78, 5) is 5.13. The van der Waals surface area contributed by atoms with Crippen molar-refractivity contribution in [3.05, 3.63) is 83.4 Å². The van der Waals surface area contributed by atoms with Gasteiger partial charge in [-0.25, -0.2) is 18.1 Å². The number of fused-ring (bicyclic) bond motifs is 1. The van der Waals surface area contributed by atoms with E-state index in [9.17, 15) is 8.42 Å². The molecule has 4 rings (SSSR count). The number of benzene rings is 3. The van der Waals surface area contributed by atoms with Crippen molar-refractivity contribution >= 4 is 21.1 Å². The fourth-order valence-electron chi connectivity index (χ4n) is 3.59. The summed E-state index contributed by atoms with van der Waals surface area (Å²) in [6.07, 6.45) is 0. The zero-order valence-corrected chi connectivity index (χ0v) is 18.2. The van der Waals surface area contributed by atoms with Crippen LogP contribution < -0.4 is 4.72 Å². The summed E-state index contributed by atoms with van der Waals surface area (Å²) in [5, 5.41) is 0. The standard InChI is InChI=1S/C24H25N3O2S/c1-17-9-12-20(13-10-17)24-26-21-6-4-5-7-22(21)27(24)15-14-25-30(28,29)23-16-18(2)8-11-19(23)3/h4-13,16,25H,14-15H2,1-3H3. The van der Waals surface area contributed by atoms with Crippen LogP contribution in [0.2, 0.25) is 0 Å². The highest BCUT2D eigenvalue weighted by molar-refractivity contribution is 7.89. The lowest BCUT2D eigenvalue weighted by molar-refractivity contribution is 0.574. The Labute approximate surface area is 177 Å². The van der Waals surface area contributed by atoms with Crippen LogP contribution in [-0.2, 0) is 16.6 Å². The predicted octanol–water partition coefficient (Wildman–Crippen LogP) is 4.61. The van der Waals surface area contributed by atoms with Gasteiger partial charge in [0.25, 0.3) is 0 Å². The molecule has 3 aromatic carbocycles. The Bertz CT molecular complexity index is 1310. The summed E-state index contributed by atoms with van der Waals surface area (Å²) in [5.74, 6) is 0.835. The van der Waals surface area contributed by atoms with Gasteiger partial charge in [0.15, 0.2) is 0 Å². The van der Waals surface area contributed by atoms with Gasteiger partial charge in [-0.3, -0.25) is 0 Å². The third-order valence-corrected chi connectivity index (χ3v) is 6.83. The Kier molecular flexibility index (Phi) is 5.45. The van der Waals surface area contributed by atoms with E-state index in [0.717, 1.165) is 33.5 Å². The van der Waals surface area contributed by atoms with Crippen LogP contribution in [0, 0.1) is 20.8 Å². The molecule has 0 spiro atoms. The minimum atomic E-state index is -3.59. The SMILES string of the molecule is Cc1ccc(-c2nc3ccccc3n2CCNS(=O)(=O)c2cc(C)ccc2C)cc1. The van der Waals surface area contributed by atoms with Gasteiger partial charge in [0.2, 0.25) is 10.0 Å². The third-order valence-electron chi connectivity index (χ3n) is 5.22. The lowest BCUT2D eigenvalue weighted by atomic mass is 10.1. The molecule has 0 unspecified atom stereocenters. The van der Waals surface area contributed by atoms with Gasteiger partial charge in [0, 0.05) is 18.7 Å². The molecule has 1 N–H and O–H groups in total. The van der Waals surface area contributed by atoms with Crippen molar-refractivity contribution in [3.63, 3.8) is 0 Å². The number of nitrogens with zero attached hydrogens (tertiary/aromatic N) is 2. The molecule has 1 heterocycles. The zero-order chi connectivity index (χ0) is 21.3. The van der Waals surface area contributed by atoms with Crippen LogP contribution in [0.25, 0.3) is 22.4 Å². The maximum Gasteiger partial charge on any atom is 0.240 e. The second-order valence-corrected chi connectivity index (χ2v) is 9.34. The smallest absolute Gasteiger partial charge is 0.240 e. The molecule has 0 amide bonds. The molecular formula is C24H25N3O2S. The van der Waals surface area contributed by atoms with Gasteiger partial charge in [-0.2, -0.15) is 0 Å². The Morgan fingerprint density at radius 1 is 0.900 bits per heavy atom. The number of hydrogen-bond donors (Lipinski definition) is 1. The van der Waals surface area contributed by atoms with E-state index >= 15 is 0 Å². The molecule has 0 radical (unpaired) electrons. The first-order chi connectivity index (χ1) is 14.3. The molecule has 5 nitrogen and oxygen atoms in total. The molecule has 0 saturated carbocycles. The molecular weight excluding hydrogens is 394 g/mol. The van der Waals surface area contributed by atoms with Crippen molar-refractivity contribution in [2.24, 2.45) is 0 Å². The van der Waals surface area contributed by atoms with E-state index in [0.29, 0.717) is 11.4 Å². The molecule has 6 heteroatoms. The number of aryl methyl sites for hydroxylation is 3. The largest absolute Gasteiger partial charge is 0.323 e. The van der Waals surface area contributed by atoms with Gasteiger partial charge < -0.3 is 4.57 Å². The number of nitrogens with one attached hydrogen (secondary N) is 1. The van der Waals surface area contributed by atoms with Crippen molar-refractivity contribution in [2.75, 3.05) is 6.54 Å². The molecule has 0 aliphatic carbocycles. The topological polar surface area (TPSA) is 64.0 Å². The highest BCUT2D eigenvalue weighted by Gasteiger charge is 2.18. The van der Waals surface area contributed by atoms with Crippen molar-refractivity contribution in [3.8, 4) is 11.4 Å². The van der Waals surface area contributed by atoms with Crippen LogP contribution in [0.15, 0.2) is 71.6 Å². The summed E-state index contributed by atoms with van der Waals surface area (Å²) in [7, 11) is -3.59. The van der Waals surface area contributed by atoms with Gasteiger partial charge >= 0.3 is 0 Å². The molecule has 154 valence electrons. The van der Waals surface area contributed by atoms with Gasteiger partial charge in [-0.05, 0) is 50.1 Å². The van der Waals surface area contributed by atoms with E-state index in [1.165, 1.54) is 5.56 Å². The second kappa shape index (κ2) is 8.05. The summed E-state index contributed by atoms with van der Waals surface area (Å²) in [6.45, 7) is 6.51. The summed E-state index contributed by atoms with van der Waals surface area (Å²) >= 11 is 0. The summed E-state index contributed by atoms with van der Waals surface area (Å²) in [5.41, 5.74) is 5.73. The maximum atomic E-state index is 12.9. The van der Waals surface area contributed by atoms with Crippen molar-refractivity contribution in [1.29, 1.82) is 0 Å². The quantitative estimate of drug-likeness (QED) is 0.496. The lowest BCUT2D eigenvalue weighted by Gasteiger charge is -2.13. The molecule has 0 aliphatic heterocycles. The highest BCUT2D eigenvalue weighted by Crippen LogP contribution is 2.25. The average molecular weight is 420 g/mol. The summed E-state index contributed by atoms with van der Waals surface area (Å²) in [6, 6.07) is 21.6. The Morgan fingerprint density at radius 2 is 1.60 bits per heavy atom. The van der Waals surface area contributed by atoms with Gasteiger partial charge in [-0.15, -0.1) is 0 Å². The van der Waals surface area contributed by atoms with Gasteiger partial charge in [-0.1, -0.05) is 54.1 Å². The van der Waals surface area contributed by atoms with E-state index in [1.807, 2.05) is 62.4 Å². The third kappa shape index (κ3) is 4.01. The van der Waals surface area contributed by atoms with Crippen LogP contribution in [-0.4, -0.2) is 24.5 Å². The summed E-state index contributed by atoms with van der Waals surface area (Å²) < 4.78 is 30.5. The molecule has 0 aliphatic rings. The average Bonchev–Trinajstić information content (AvgIpc) is 3.09. The number of rotatable bonds is 6. The van der Waals surface area contributed by atoms with E-state index in [4.69, 9.17) is 4.98 Å². The van der Waals surface area contributed by atoms with E-state index < -0.39 is 10.0 Å². The Hall–Kier alpha value is -2.96. The Morgan fingerprint density at radius 3 is 2.37 bits per heavy atom. The molecule has 0 saturated heterocycles. The monoisotopic (exact) mass is 419 g/mol. The molecule has 30 heavy (non-hydrogen) atoms. The number of aromatic nitrogens is 2. The fraction of sp³-hybridized carbons (Fsp3) is 0.208. The van der Waals surface area contributed by atoms with Gasteiger partial charge in [0.05, 0.1) is 15.9 Å². The predicted molar refractivity (Wildman–Crippen MR) is 121 cm³/mol. The first-order valence-corrected chi connectivity index (χ1v) is 11.4. The van der Waals surface area contributed by atoms with E-state index in [1.54, 1.807) is 6.07 Å². The van der Waals surface area contributed by atoms with Crippen molar-refractivity contribution in [2.45, 2.75) is 32.2 Å². The molecule has 0 bridgehead atoms. The Balaban J connectivity index is 1.63. The van der Waals surface area contributed by atoms with Crippen LogP contribution in [0.3, 0.4) is 0 Å². The number of para-hydroxylation sites is 2. The van der Waals surface area contributed by atoms with Crippen molar-refractivity contribution < 1.29 is 8.42 Å². The van der Waals surface area contributed by atoms with Gasteiger partial charge in [0.1, 0.15) is 5.82 Å². The number of sulfonamides is 1. The van der Waals surface area contributed by atoms with Crippen LogP contribution in [0.4, 0.5) is 0 Å².